The third-order valence-corrected chi connectivity index (χ3v) is 3.41. The summed E-state index contributed by atoms with van der Waals surface area (Å²) in [6.07, 6.45) is 3.93. The Hall–Kier alpha value is -1.69. The summed E-state index contributed by atoms with van der Waals surface area (Å²) in [5.41, 5.74) is 0.965. The van der Waals surface area contributed by atoms with E-state index in [1.165, 1.54) is 12.5 Å². The summed E-state index contributed by atoms with van der Waals surface area (Å²) >= 11 is 0. The molecule has 0 amide bonds. The third kappa shape index (κ3) is 2.76. The number of anilines is 1. The normalized spacial score (nSPS) is 20.2. The van der Waals surface area contributed by atoms with Gasteiger partial charge in [-0.2, -0.15) is 0 Å². The summed E-state index contributed by atoms with van der Waals surface area (Å²) in [6, 6.07) is 3.78. The fourth-order valence-corrected chi connectivity index (χ4v) is 2.28. The van der Waals surface area contributed by atoms with Crippen LogP contribution in [0.25, 0.3) is 0 Å². The van der Waals surface area contributed by atoms with Crippen molar-refractivity contribution < 1.29 is 4.92 Å². The molecule has 1 unspecified atom stereocenters. The van der Waals surface area contributed by atoms with Gasteiger partial charge < -0.3 is 19.9 Å². The first-order valence-corrected chi connectivity index (χ1v) is 6.10. The van der Waals surface area contributed by atoms with Crippen molar-refractivity contribution >= 4 is 11.5 Å². The second-order valence-electron chi connectivity index (χ2n) is 4.84. The Morgan fingerprint density at radius 3 is 2.83 bits per heavy atom. The molecule has 0 saturated carbocycles. The number of pyridine rings is 1. The van der Waals surface area contributed by atoms with Crippen molar-refractivity contribution in [1.29, 1.82) is 0 Å². The van der Waals surface area contributed by atoms with E-state index < -0.39 is 4.92 Å². The predicted octanol–water partition coefficient (Wildman–Crippen LogP) is 1.52. The van der Waals surface area contributed by atoms with Crippen LogP contribution in [0, 0.1) is 10.1 Å². The van der Waals surface area contributed by atoms with Gasteiger partial charge in [0.1, 0.15) is 0 Å². The number of hydrogen-bond donors (Lipinski definition) is 0. The van der Waals surface area contributed by atoms with E-state index in [0.717, 1.165) is 25.2 Å². The Kier molecular flexibility index (Phi) is 3.76. The van der Waals surface area contributed by atoms with Crippen molar-refractivity contribution in [3.8, 4) is 0 Å². The van der Waals surface area contributed by atoms with Crippen LogP contribution in [-0.4, -0.2) is 48.0 Å². The highest BCUT2D eigenvalue weighted by atomic mass is 16.6. The largest absolute Gasteiger partial charge is 0.367 e. The van der Waals surface area contributed by atoms with E-state index in [2.05, 4.69) is 28.9 Å². The second-order valence-corrected chi connectivity index (χ2v) is 4.84. The van der Waals surface area contributed by atoms with Crippen molar-refractivity contribution in [1.82, 2.24) is 9.88 Å². The van der Waals surface area contributed by atoms with Crippen molar-refractivity contribution in [2.45, 2.75) is 18.9 Å². The van der Waals surface area contributed by atoms with Crippen LogP contribution >= 0.6 is 0 Å². The highest BCUT2D eigenvalue weighted by Crippen LogP contribution is 2.22. The molecule has 0 bridgehead atoms. The molecule has 98 valence electrons. The van der Waals surface area contributed by atoms with Crippen LogP contribution in [0.4, 0.5) is 11.5 Å². The first kappa shape index (κ1) is 12.8. The minimum Gasteiger partial charge on any atom is -0.367 e. The van der Waals surface area contributed by atoms with Gasteiger partial charge in [0.05, 0.1) is 5.69 Å². The van der Waals surface area contributed by atoms with E-state index in [1.807, 2.05) is 0 Å². The molecule has 0 radical (unpaired) electrons. The van der Waals surface area contributed by atoms with Gasteiger partial charge in [0, 0.05) is 25.2 Å². The maximum absolute atomic E-state index is 10.6. The second kappa shape index (κ2) is 5.30. The number of aromatic nitrogens is 1. The van der Waals surface area contributed by atoms with Crippen LogP contribution in [-0.2, 0) is 0 Å². The Labute approximate surface area is 106 Å². The molecule has 0 aromatic carbocycles. The Morgan fingerprint density at radius 1 is 1.50 bits per heavy atom. The van der Waals surface area contributed by atoms with Crippen molar-refractivity contribution in [2.75, 3.05) is 32.1 Å². The Balaban J connectivity index is 2.09. The number of hydrogen-bond acceptors (Lipinski definition) is 5. The zero-order valence-electron chi connectivity index (χ0n) is 10.7. The SMILES string of the molecule is CN(C)C1CCCN(c2ccc([N+](=O)[O-])nc2)C1. The lowest BCUT2D eigenvalue weighted by Crippen LogP contribution is -2.45. The van der Waals surface area contributed by atoms with Gasteiger partial charge in [-0.25, -0.2) is 0 Å². The quantitative estimate of drug-likeness (QED) is 0.601. The van der Waals surface area contributed by atoms with Crippen molar-refractivity contribution in [3.05, 3.63) is 28.4 Å². The van der Waals surface area contributed by atoms with Crippen molar-refractivity contribution in [2.24, 2.45) is 0 Å². The first-order chi connectivity index (χ1) is 8.58. The van der Waals surface area contributed by atoms with Crippen LogP contribution in [0.1, 0.15) is 12.8 Å². The average molecular weight is 250 g/mol. The minimum absolute atomic E-state index is 0.0973. The van der Waals surface area contributed by atoms with Gasteiger partial charge in [-0.15, -0.1) is 0 Å². The summed E-state index contributed by atoms with van der Waals surface area (Å²) < 4.78 is 0. The highest BCUT2D eigenvalue weighted by molar-refractivity contribution is 5.47. The Bertz CT molecular complexity index is 419. The highest BCUT2D eigenvalue weighted by Gasteiger charge is 2.22. The number of nitro groups is 1. The molecule has 1 atom stereocenters. The lowest BCUT2D eigenvalue weighted by Gasteiger charge is -2.36. The minimum atomic E-state index is -0.470. The Morgan fingerprint density at radius 2 is 2.28 bits per heavy atom. The van der Waals surface area contributed by atoms with Crippen molar-refractivity contribution in [3.63, 3.8) is 0 Å². The van der Waals surface area contributed by atoms with Crippen LogP contribution in [0.5, 0.6) is 0 Å². The van der Waals surface area contributed by atoms with Gasteiger partial charge in [-0.3, -0.25) is 0 Å². The lowest BCUT2D eigenvalue weighted by atomic mass is 10.0. The molecule has 2 rings (SSSR count). The number of nitrogens with zero attached hydrogens (tertiary/aromatic N) is 4. The maximum Gasteiger partial charge on any atom is 0.363 e. The van der Waals surface area contributed by atoms with E-state index >= 15 is 0 Å². The van der Waals surface area contributed by atoms with Gasteiger partial charge >= 0.3 is 5.82 Å². The molecule has 2 heterocycles. The zero-order chi connectivity index (χ0) is 13.1. The molecular formula is C12H18N4O2. The molecule has 1 aliphatic rings. The summed E-state index contributed by atoms with van der Waals surface area (Å²) in [4.78, 5) is 18.4. The molecule has 1 aliphatic heterocycles. The molecule has 1 saturated heterocycles. The fourth-order valence-electron chi connectivity index (χ4n) is 2.28. The molecule has 6 heteroatoms. The summed E-state index contributed by atoms with van der Waals surface area (Å²) in [5, 5.41) is 10.6. The van der Waals surface area contributed by atoms with E-state index in [0.29, 0.717) is 6.04 Å². The molecule has 0 aliphatic carbocycles. The fraction of sp³-hybridized carbons (Fsp3) is 0.583. The van der Waals surface area contributed by atoms with Gasteiger partial charge in [0.25, 0.3) is 0 Å². The lowest BCUT2D eigenvalue weighted by molar-refractivity contribution is -0.389. The van der Waals surface area contributed by atoms with Crippen LogP contribution in [0.2, 0.25) is 0 Å². The predicted molar refractivity (Wildman–Crippen MR) is 69.8 cm³/mol. The zero-order valence-corrected chi connectivity index (χ0v) is 10.7. The molecule has 6 nitrogen and oxygen atoms in total. The molecule has 18 heavy (non-hydrogen) atoms. The molecule has 1 aromatic rings. The number of rotatable bonds is 3. The molecule has 1 aromatic heterocycles. The van der Waals surface area contributed by atoms with Gasteiger partial charge in [-0.1, -0.05) is 0 Å². The number of piperidine rings is 1. The monoisotopic (exact) mass is 250 g/mol. The van der Waals surface area contributed by atoms with E-state index in [-0.39, 0.29) is 5.82 Å². The van der Waals surface area contributed by atoms with Crippen LogP contribution in [0.3, 0.4) is 0 Å². The van der Waals surface area contributed by atoms with E-state index in [4.69, 9.17) is 0 Å². The van der Waals surface area contributed by atoms with Crippen LogP contribution in [0.15, 0.2) is 18.3 Å². The molecule has 0 N–H and O–H groups in total. The summed E-state index contributed by atoms with van der Waals surface area (Å²) in [5.74, 6) is -0.0973. The average Bonchev–Trinajstić information content (AvgIpc) is 2.39. The molecular weight excluding hydrogens is 232 g/mol. The summed E-state index contributed by atoms with van der Waals surface area (Å²) in [7, 11) is 4.17. The number of likely N-dealkylation sites (N-methyl/N-ethyl adjacent to an activating group) is 1. The van der Waals surface area contributed by atoms with Gasteiger partial charge in [0.15, 0.2) is 6.20 Å². The van der Waals surface area contributed by atoms with Gasteiger partial charge in [-0.05, 0) is 42.9 Å². The maximum atomic E-state index is 10.6. The van der Waals surface area contributed by atoms with Gasteiger partial charge in [0.2, 0.25) is 0 Å². The topological polar surface area (TPSA) is 62.5 Å². The summed E-state index contributed by atoms with van der Waals surface area (Å²) in [6.45, 7) is 1.94. The molecule has 1 fully saturated rings. The molecule has 0 spiro atoms. The van der Waals surface area contributed by atoms with E-state index in [9.17, 15) is 10.1 Å². The first-order valence-electron chi connectivity index (χ1n) is 6.10. The van der Waals surface area contributed by atoms with E-state index in [1.54, 1.807) is 12.3 Å². The van der Waals surface area contributed by atoms with Crippen LogP contribution < -0.4 is 4.90 Å². The third-order valence-electron chi connectivity index (χ3n) is 3.41. The standard InChI is InChI=1S/C12H18N4O2/c1-14(2)11-4-3-7-15(9-11)10-5-6-12(13-8-10)16(17)18/h5-6,8,11H,3-4,7,9H2,1-2H3. The smallest absolute Gasteiger partial charge is 0.363 e.